The van der Waals surface area contributed by atoms with Crippen LogP contribution in [0.25, 0.3) is 0 Å². The minimum atomic E-state index is -0.344. The van der Waals surface area contributed by atoms with Crippen LogP contribution in [0.5, 0.6) is 0 Å². The lowest BCUT2D eigenvalue weighted by atomic mass is 9.80. The van der Waals surface area contributed by atoms with E-state index in [2.05, 4.69) is 29.2 Å². The average molecular weight is 393 g/mol. The summed E-state index contributed by atoms with van der Waals surface area (Å²) in [5, 5.41) is 0. The number of piperidine rings is 1. The van der Waals surface area contributed by atoms with Crippen molar-refractivity contribution in [3.63, 3.8) is 0 Å². The summed E-state index contributed by atoms with van der Waals surface area (Å²) in [4.78, 5) is 15.9. The fourth-order valence-electron chi connectivity index (χ4n) is 4.88. The Hall–Kier alpha value is -2.05. The standard InChI is InChI=1S/C24H27NO4/c26-23(18-7-4-8-19(11-18)24-28-9-10-29-24)20-12-21-15-27-16-22(13-20)25(21)14-17-5-2-1-3-6-17/h1-8,11,20-22,24H,9-10,12-16H2. The maximum atomic E-state index is 13.3. The second-order valence-corrected chi connectivity index (χ2v) is 8.23. The Labute approximate surface area is 171 Å². The highest BCUT2D eigenvalue weighted by atomic mass is 16.7. The Morgan fingerprint density at radius 2 is 1.66 bits per heavy atom. The summed E-state index contributed by atoms with van der Waals surface area (Å²) in [6.45, 7) is 3.54. The molecule has 0 amide bonds. The highest BCUT2D eigenvalue weighted by Gasteiger charge is 2.41. The molecule has 2 atom stereocenters. The van der Waals surface area contributed by atoms with Crippen LogP contribution in [0.2, 0.25) is 0 Å². The Morgan fingerprint density at radius 1 is 0.931 bits per heavy atom. The lowest BCUT2D eigenvalue weighted by Gasteiger charge is -2.48. The molecule has 0 aliphatic carbocycles. The maximum Gasteiger partial charge on any atom is 0.184 e. The number of rotatable bonds is 5. The van der Waals surface area contributed by atoms with Crippen molar-refractivity contribution in [2.75, 3.05) is 26.4 Å². The van der Waals surface area contributed by atoms with Gasteiger partial charge in [-0.25, -0.2) is 0 Å². The number of hydrogen-bond donors (Lipinski definition) is 0. The molecule has 3 heterocycles. The van der Waals surface area contributed by atoms with Gasteiger partial charge in [0.1, 0.15) is 0 Å². The highest BCUT2D eigenvalue weighted by molar-refractivity contribution is 5.98. The third kappa shape index (κ3) is 4.01. The molecule has 3 saturated heterocycles. The normalized spacial score (nSPS) is 27.8. The van der Waals surface area contributed by atoms with Crippen LogP contribution in [0.1, 0.15) is 40.6 Å². The molecule has 3 aliphatic rings. The first-order valence-electron chi connectivity index (χ1n) is 10.5. The molecular weight excluding hydrogens is 366 g/mol. The third-order valence-electron chi connectivity index (χ3n) is 6.32. The van der Waals surface area contributed by atoms with Gasteiger partial charge in [-0.2, -0.15) is 0 Å². The highest BCUT2D eigenvalue weighted by Crippen LogP contribution is 2.35. The Bertz CT molecular complexity index is 835. The van der Waals surface area contributed by atoms with Gasteiger partial charge in [0.2, 0.25) is 0 Å². The van der Waals surface area contributed by atoms with E-state index in [-0.39, 0.29) is 18.0 Å². The van der Waals surface area contributed by atoms with Gasteiger partial charge in [-0.3, -0.25) is 9.69 Å². The number of Topliss-reactive ketones (excluding diaryl/α,β-unsaturated/α-hetero) is 1. The molecule has 152 valence electrons. The smallest absolute Gasteiger partial charge is 0.184 e. The van der Waals surface area contributed by atoms with E-state index in [9.17, 15) is 4.79 Å². The molecule has 3 fully saturated rings. The van der Waals surface area contributed by atoms with E-state index < -0.39 is 0 Å². The first-order valence-corrected chi connectivity index (χ1v) is 10.5. The summed E-state index contributed by atoms with van der Waals surface area (Å²) in [6.07, 6.45) is 1.36. The maximum absolute atomic E-state index is 13.3. The molecule has 2 bridgehead atoms. The quantitative estimate of drug-likeness (QED) is 0.727. The fourth-order valence-corrected chi connectivity index (χ4v) is 4.88. The number of morpholine rings is 1. The third-order valence-corrected chi connectivity index (χ3v) is 6.32. The molecule has 5 nitrogen and oxygen atoms in total. The molecule has 0 N–H and O–H groups in total. The zero-order valence-corrected chi connectivity index (χ0v) is 16.5. The predicted molar refractivity (Wildman–Crippen MR) is 109 cm³/mol. The predicted octanol–water partition coefficient (Wildman–Crippen LogP) is 3.59. The summed E-state index contributed by atoms with van der Waals surface area (Å²) in [5.74, 6) is 0.280. The van der Waals surface area contributed by atoms with Gasteiger partial charge in [0.25, 0.3) is 0 Å². The van der Waals surface area contributed by atoms with Crippen LogP contribution in [-0.2, 0) is 20.8 Å². The average Bonchev–Trinajstić information content (AvgIpc) is 3.29. The molecular formula is C24H27NO4. The first-order chi connectivity index (χ1) is 14.3. The lowest BCUT2D eigenvalue weighted by Crippen LogP contribution is -2.57. The van der Waals surface area contributed by atoms with E-state index in [0.717, 1.165) is 30.5 Å². The van der Waals surface area contributed by atoms with E-state index in [1.54, 1.807) is 0 Å². The van der Waals surface area contributed by atoms with Gasteiger partial charge in [-0.15, -0.1) is 0 Å². The van der Waals surface area contributed by atoms with Gasteiger partial charge in [0, 0.05) is 35.7 Å². The SMILES string of the molecule is O=C(c1cccc(C2OCCO2)c1)C1CC2COCC(C1)N2Cc1ccccc1. The Balaban J connectivity index is 1.30. The summed E-state index contributed by atoms with van der Waals surface area (Å²) >= 11 is 0. The Kier molecular flexibility index (Phi) is 5.46. The van der Waals surface area contributed by atoms with Crippen molar-refractivity contribution in [2.45, 2.75) is 37.8 Å². The minimum absolute atomic E-state index is 0.0431. The van der Waals surface area contributed by atoms with E-state index in [0.29, 0.717) is 38.5 Å². The monoisotopic (exact) mass is 393 g/mol. The van der Waals surface area contributed by atoms with E-state index in [1.165, 1.54) is 5.56 Å². The van der Waals surface area contributed by atoms with Gasteiger partial charge in [0.15, 0.2) is 12.1 Å². The molecule has 0 saturated carbocycles. The first kappa shape index (κ1) is 18.9. The van der Waals surface area contributed by atoms with Crippen LogP contribution < -0.4 is 0 Å². The molecule has 5 heteroatoms. The van der Waals surface area contributed by atoms with Crippen molar-refractivity contribution in [3.8, 4) is 0 Å². The van der Waals surface area contributed by atoms with Crippen molar-refractivity contribution in [1.29, 1.82) is 0 Å². The van der Waals surface area contributed by atoms with Gasteiger partial charge in [-0.1, -0.05) is 48.5 Å². The molecule has 29 heavy (non-hydrogen) atoms. The van der Waals surface area contributed by atoms with Gasteiger partial charge in [-0.05, 0) is 24.5 Å². The number of hydrogen-bond acceptors (Lipinski definition) is 5. The van der Waals surface area contributed by atoms with Crippen molar-refractivity contribution < 1.29 is 19.0 Å². The van der Waals surface area contributed by atoms with Crippen LogP contribution in [0.3, 0.4) is 0 Å². The number of carbonyl (C=O) groups excluding carboxylic acids is 1. The number of fused-ring (bicyclic) bond motifs is 2. The zero-order chi connectivity index (χ0) is 19.6. The molecule has 0 aromatic heterocycles. The summed E-state index contributed by atoms with van der Waals surface area (Å²) in [6, 6.07) is 18.9. The second kappa shape index (κ2) is 8.36. The largest absolute Gasteiger partial charge is 0.378 e. The number of ether oxygens (including phenoxy) is 3. The van der Waals surface area contributed by atoms with Crippen molar-refractivity contribution >= 4 is 5.78 Å². The van der Waals surface area contributed by atoms with Crippen molar-refractivity contribution in [2.24, 2.45) is 5.92 Å². The number of carbonyl (C=O) groups is 1. The van der Waals surface area contributed by atoms with Crippen LogP contribution in [-0.4, -0.2) is 49.2 Å². The molecule has 5 rings (SSSR count). The van der Waals surface area contributed by atoms with Gasteiger partial charge >= 0.3 is 0 Å². The van der Waals surface area contributed by atoms with Crippen LogP contribution in [0, 0.1) is 5.92 Å². The Morgan fingerprint density at radius 3 is 2.38 bits per heavy atom. The van der Waals surface area contributed by atoms with E-state index in [4.69, 9.17) is 14.2 Å². The summed E-state index contributed by atoms with van der Waals surface area (Å²) in [7, 11) is 0. The molecule has 2 unspecified atom stereocenters. The van der Waals surface area contributed by atoms with E-state index in [1.807, 2.05) is 30.3 Å². The molecule has 2 aromatic rings. The number of ketones is 1. The summed E-state index contributed by atoms with van der Waals surface area (Å²) in [5.41, 5.74) is 3.01. The molecule has 2 aromatic carbocycles. The molecule has 3 aliphatic heterocycles. The molecule has 0 spiro atoms. The second-order valence-electron chi connectivity index (χ2n) is 8.23. The fraction of sp³-hybridized carbons (Fsp3) is 0.458. The number of benzene rings is 2. The summed E-state index contributed by atoms with van der Waals surface area (Å²) < 4.78 is 17.0. The van der Waals surface area contributed by atoms with Crippen molar-refractivity contribution in [1.82, 2.24) is 4.90 Å². The van der Waals surface area contributed by atoms with Gasteiger partial charge < -0.3 is 14.2 Å². The van der Waals surface area contributed by atoms with Crippen LogP contribution in [0.4, 0.5) is 0 Å². The number of nitrogens with zero attached hydrogens (tertiary/aromatic N) is 1. The zero-order valence-electron chi connectivity index (χ0n) is 16.5. The van der Waals surface area contributed by atoms with Crippen molar-refractivity contribution in [3.05, 3.63) is 71.3 Å². The van der Waals surface area contributed by atoms with Crippen LogP contribution >= 0.6 is 0 Å². The topological polar surface area (TPSA) is 48.0 Å². The lowest BCUT2D eigenvalue weighted by molar-refractivity contribution is -0.0872. The molecule has 0 radical (unpaired) electrons. The van der Waals surface area contributed by atoms with Gasteiger partial charge in [0.05, 0.1) is 26.4 Å². The van der Waals surface area contributed by atoms with E-state index >= 15 is 0 Å². The van der Waals surface area contributed by atoms with Crippen LogP contribution in [0.15, 0.2) is 54.6 Å². The minimum Gasteiger partial charge on any atom is -0.378 e.